The molecule has 0 atom stereocenters. The zero-order valence-corrected chi connectivity index (χ0v) is 10.2. The number of hydrogen-bond acceptors (Lipinski definition) is 4. The molecule has 5 heteroatoms. The molecule has 0 unspecified atom stereocenters. The maximum atomic E-state index is 11.6. The van der Waals surface area contributed by atoms with E-state index in [2.05, 4.69) is 10.1 Å². The lowest BCUT2D eigenvalue weighted by atomic mass is 9.98. The first kappa shape index (κ1) is 11.2. The van der Waals surface area contributed by atoms with Gasteiger partial charge in [0, 0.05) is 5.69 Å². The van der Waals surface area contributed by atoms with Crippen molar-refractivity contribution in [2.45, 2.75) is 39.0 Å². The van der Waals surface area contributed by atoms with Crippen molar-refractivity contribution in [2.24, 2.45) is 0 Å². The van der Waals surface area contributed by atoms with Gasteiger partial charge in [0.15, 0.2) is 0 Å². The molecule has 18 heavy (non-hydrogen) atoms. The first-order valence-electron chi connectivity index (χ1n) is 6.19. The lowest BCUT2D eigenvalue weighted by Gasteiger charge is -2.09. The molecule has 0 saturated carbocycles. The van der Waals surface area contributed by atoms with E-state index < -0.39 is 5.97 Å². The predicted octanol–water partition coefficient (Wildman–Crippen LogP) is 2.50. The third-order valence-electron chi connectivity index (χ3n) is 3.54. The van der Waals surface area contributed by atoms with E-state index in [1.54, 1.807) is 6.92 Å². The van der Waals surface area contributed by atoms with E-state index in [9.17, 15) is 9.90 Å². The molecule has 94 valence electrons. The van der Waals surface area contributed by atoms with Crippen molar-refractivity contribution in [2.75, 3.05) is 0 Å². The second-order valence-electron chi connectivity index (χ2n) is 4.73. The molecular formula is C13H14N2O3. The van der Waals surface area contributed by atoms with Crippen LogP contribution in [-0.4, -0.2) is 21.2 Å². The highest BCUT2D eigenvalue weighted by molar-refractivity contribution is 6.03. The van der Waals surface area contributed by atoms with Gasteiger partial charge in [0.1, 0.15) is 0 Å². The zero-order valence-electron chi connectivity index (χ0n) is 10.2. The van der Waals surface area contributed by atoms with Gasteiger partial charge in [-0.1, -0.05) is 11.6 Å². The number of aromatic nitrogens is 2. The number of carboxylic acids is 1. The maximum absolute atomic E-state index is 11.6. The standard InChI is InChI=1S/C13H14N2O3/c1-7-10-11(13(16)17)8-5-3-2-4-6-9(8)14-12(10)18-15-7/h2-6H2,1H3,(H,16,17). The summed E-state index contributed by atoms with van der Waals surface area (Å²) < 4.78 is 5.12. The van der Waals surface area contributed by atoms with Gasteiger partial charge in [0.2, 0.25) is 0 Å². The predicted molar refractivity (Wildman–Crippen MR) is 64.8 cm³/mol. The summed E-state index contributed by atoms with van der Waals surface area (Å²) in [6.45, 7) is 1.75. The van der Waals surface area contributed by atoms with E-state index in [-0.39, 0.29) is 0 Å². The normalized spacial score (nSPS) is 15.4. The van der Waals surface area contributed by atoms with Crippen LogP contribution in [-0.2, 0) is 12.8 Å². The summed E-state index contributed by atoms with van der Waals surface area (Å²) in [7, 11) is 0. The number of aryl methyl sites for hydroxylation is 2. The fourth-order valence-electron chi connectivity index (χ4n) is 2.69. The molecule has 0 spiro atoms. The van der Waals surface area contributed by atoms with Crippen LogP contribution in [0.15, 0.2) is 4.52 Å². The van der Waals surface area contributed by atoms with Gasteiger partial charge in [-0.05, 0) is 38.2 Å². The SMILES string of the molecule is Cc1noc2nc3c(c(C(=O)O)c12)CCCCC3. The fraction of sp³-hybridized carbons (Fsp3) is 0.462. The molecule has 0 aliphatic heterocycles. The summed E-state index contributed by atoms with van der Waals surface area (Å²) in [5, 5.41) is 13.9. The van der Waals surface area contributed by atoms with E-state index in [0.29, 0.717) is 22.4 Å². The average molecular weight is 246 g/mol. The van der Waals surface area contributed by atoms with Crippen molar-refractivity contribution in [3.8, 4) is 0 Å². The van der Waals surface area contributed by atoms with Crippen LogP contribution >= 0.6 is 0 Å². The van der Waals surface area contributed by atoms with Crippen molar-refractivity contribution in [1.29, 1.82) is 0 Å². The molecule has 0 saturated heterocycles. The van der Waals surface area contributed by atoms with Crippen LogP contribution in [0.25, 0.3) is 11.1 Å². The van der Waals surface area contributed by atoms with Crippen molar-refractivity contribution < 1.29 is 14.4 Å². The van der Waals surface area contributed by atoms with Crippen LogP contribution in [0.3, 0.4) is 0 Å². The van der Waals surface area contributed by atoms with Gasteiger partial charge in [0.25, 0.3) is 5.71 Å². The molecule has 1 aliphatic rings. The topological polar surface area (TPSA) is 76.2 Å². The second-order valence-corrected chi connectivity index (χ2v) is 4.73. The Morgan fingerprint density at radius 2 is 2.06 bits per heavy atom. The molecule has 0 amide bonds. The van der Waals surface area contributed by atoms with Crippen molar-refractivity contribution in [1.82, 2.24) is 10.1 Å². The Balaban J connectivity index is 2.38. The highest BCUT2D eigenvalue weighted by Crippen LogP contribution is 2.30. The number of rotatable bonds is 1. The Morgan fingerprint density at radius 3 is 2.83 bits per heavy atom. The van der Waals surface area contributed by atoms with Gasteiger partial charge in [-0.15, -0.1) is 0 Å². The van der Waals surface area contributed by atoms with Crippen LogP contribution in [0.4, 0.5) is 0 Å². The summed E-state index contributed by atoms with van der Waals surface area (Å²) in [5.74, 6) is -0.910. The maximum Gasteiger partial charge on any atom is 0.336 e. The smallest absolute Gasteiger partial charge is 0.336 e. The van der Waals surface area contributed by atoms with E-state index in [0.717, 1.165) is 43.4 Å². The summed E-state index contributed by atoms with van der Waals surface area (Å²) in [6, 6.07) is 0. The van der Waals surface area contributed by atoms with E-state index in [1.165, 1.54) is 0 Å². The molecule has 0 aromatic carbocycles. The number of hydrogen-bond donors (Lipinski definition) is 1. The molecule has 1 aliphatic carbocycles. The van der Waals surface area contributed by atoms with Crippen LogP contribution in [0.5, 0.6) is 0 Å². The largest absolute Gasteiger partial charge is 0.478 e. The number of fused-ring (bicyclic) bond motifs is 2. The van der Waals surface area contributed by atoms with Gasteiger partial charge < -0.3 is 9.63 Å². The van der Waals surface area contributed by atoms with Gasteiger partial charge in [0.05, 0.1) is 16.6 Å². The molecule has 0 bridgehead atoms. The Morgan fingerprint density at radius 1 is 1.28 bits per heavy atom. The van der Waals surface area contributed by atoms with E-state index in [1.807, 2.05) is 0 Å². The number of aromatic carboxylic acids is 1. The summed E-state index contributed by atoms with van der Waals surface area (Å²) in [5.41, 5.74) is 3.04. The molecule has 0 fully saturated rings. The molecule has 2 aromatic rings. The third kappa shape index (κ3) is 1.58. The van der Waals surface area contributed by atoms with Gasteiger partial charge >= 0.3 is 5.97 Å². The Labute approximate surface area is 104 Å². The van der Waals surface area contributed by atoms with Crippen LogP contribution in [0, 0.1) is 6.92 Å². The van der Waals surface area contributed by atoms with Crippen LogP contribution in [0.2, 0.25) is 0 Å². The lowest BCUT2D eigenvalue weighted by molar-refractivity contribution is 0.0697. The molecule has 2 aromatic heterocycles. The minimum absolute atomic E-state index is 0.343. The number of carboxylic acid groups (broad SMARTS) is 1. The number of nitrogens with zero attached hydrogens (tertiary/aromatic N) is 2. The summed E-state index contributed by atoms with van der Waals surface area (Å²) in [4.78, 5) is 16.0. The quantitative estimate of drug-likeness (QED) is 0.782. The second kappa shape index (κ2) is 4.08. The highest BCUT2D eigenvalue weighted by Gasteiger charge is 2.24. The van der Waals surface area contributed by atoms with Gasteiger partial charge in [-0.3, -0.25) is 0 Å². The first-order chi connectivity index (χ1) is 8.68. The monoisotopic (exact) mass is 246 g/mol. The Kier molecular flexibility index (Phi) is 2.54. The van der Waals surface area contributed by atoms with Gasteiger partial charge in [-0.25, -0.2) is 9.78 Å². The van der Waals surface area contributed by atoms with Gasteiger partial charge in [-0.2, -0.15) is 0 Å². The van der Waals surface area contributed by atoms with Crippen LogP contribution in [0.1, 0.15) is 46.6 Å². The van der Waals surface area contributed by atoms with Crippen molar-refractivity contribution >= 4 is 17.1 Å². The van der Waals surface area contributed by atoms with Crippen molar-refractivity contribution in [3.05, 3.63) is 22.5 Å². The minimum atomic E-state index is -0.910. The molecule has 3 rings (SSSR count). The van der Waals surface area contributed by atoms with Crippen molar-refractivity contribution in [3.63, 3.8) is 0 Å². The molecule has 5 nitrogen and oxygen atoms in total. The average Bonchev–Trinajstić information content (AvgIpc) is 2.58. The fourth-order valence-corrected chi connectivity index (χ4v) is 2.69. The summed E-state index contributed by atoms with van der Waals surface area (Å²) >= 11 is 0. The number of carbonyl (C=O) groups is 1. The minimum Gasteiger partial charge on any atom is -0.478 e. The van der Waals surface area contributed by atoms with Crippen LogP contribution < -0.4 is 0 Å². The third-order valence-corrected chi connectivity index (χ3v) is 3.54. The zero-order chi connectivity index (χ0) is 12.7. The first-order valence-corrected chi connectivity index (χ1v) is 6.19. The molecule has 2 heterocycles. The molecule has 1 N–H and O–H groups in total. The highest BCUT2D eigenvalue weighted by atomic mass is 16.5. The lowest BCUT2D eigenvalue weighted by Crippen LogP contribution is -2.08. The Bertz CT molecular complexity index is 631. The Hall–Kier alpha value is -1.91. The molecular weight excluding hydrogens is 232 g/mol. The van der Waals surface area contributed by atoms with E-state index >= 15 is 0 Å². The summed E-state index contributed by atoms with van der Waals surface area (Å²) in [6.07, 6.45) is 4.80. The number of pyridine rings is 1. The molecule has 0 radical (unpaired) electrons. The van der Waals surface area contributed by atoms with E-state index in [4.69, 9.17) is 4.52 Å².